The third-order valence-electron chi connectivity index (χ3n) is 3.11. The van der Waals surface area contributed by atoms with Gasteiger partial charge in [0, 0.05) is 5.69 Å². The quantitative estimate of drug-likeness (QED) is 0.628. The standard InChI is InChI=1S/C13H17N3O2/c1-2-3-6-11(13(17)15-18)12-7-4-5-10-8-14-9-16(10)12/h4-5,7-9,11,18H,2-3,6H2,1H3,(H,15,17). The van der Waals surface area contributed by atoms with Crippen LogP contribution in [0.4, 0.5) is 0 Å². The number of aromatic nitrogens is 2. The first-order valence-corrected chi connectivity index (χ1v) is 6.12. The van der Waals surface area contributed by atoms with E-state index in [2.05, 4.69) is 11.9 Å². The molecule has 1 amide bonds. The highest BCUT2D eigenvalue weighted by Gasteiger charge is 2.21. The van der Waals surface area contributed by atoms with Gasteiger partial charge in [-0.2, -0.15) is 0 Å². The minimum absolute atomic E-state index is 0.354. The Balaban J connectivity index is 2.40. The van der Waals surface area contributed by atoms with E-state index in [1.54, 1.807) is 18.0 Å². The lowest BCUT2D eigenvalue weighted by molar-refractivity contribution is -0.131. The first-order chi connectivity index (χ1) is 8.77. The SMILES string of the molecule is CCCCC(C(=O)NO)c1cccc2cncn12. The molecular weight excluding hydrogens is 230 g/mol. The zero-order chi connectivity index (χ0) is 13.0. The lowest BCUT2D eigenvalue weighted by atomic mass is 9.97. The number of carbonyl (C=O) groups excluding carboxylic acids is 1. The molecule has 96 valence electrons. The fraction of sp³-hybridized carbons (Fsp3) is 0.385. The van der Waals surface area contributed by atoms with Gasteiger partial charge in [-0.1, -0.05) is 25.8 Å². The number of imidazole rings is 1. The minimum Gasteiger partial charge on any atom is -0.302 e. The molecule has 0 bridgehead atoms. The topological polar surface area (TPSA) is 66.6 Å². The molecule has 0 aliphatic carbocycles. The Kier molecular flexibility index (Phi) is 3.94. The van der Waals surface area contributed by atoms with Crippen molar-refractivity contribution in [1.29, 1.82) is 0 Å². The van der Waals surface area contributed by atoms with E-state index in [0.29, 0.717) is 6.42 Å². The molecule has 2 aromatic rings. The van der Waals surface area contributed by atoms with E-state index in [-0.39, 0.29) is 11.8 Å². The van der Waals surface area contributed by atoms with Crippen LogP contribution in [-0.4, -0.2) is 20.5 Å². The van der Waals surface area contributed by atoms with Crippen LogP contribution in [0.5, 0.6) is 0 Å². The van der Waals surface area contributed by atoms with Gasteiger partial charge in [0.25, 0.3) is 5.91 Å². The number of carbonyl (C=O) groups is 1. The van der Waals surface area contributed by atoms with Crippen LogP contribution in [0.25, 0.3) is 5.52 Å². The van der Waals surface area contributed by atoms with Crippen molar-refractivity contribution >= 4 is 11.4 Å². The van der Waals surface area contributed by atoms with Gasteiger partial charge >= 0.3 is 0 Å². The van der Waals surface area contributed by atoms with Crippen LogP contribution in [0.3, 0.4) is 0 Å². The van der Waals surface area contributed by atoms with Gasteiger partial charge in [0.2, 0.25) is 0 Å². The van der Waals surface area contributed by atoms with E-state index in [0.717, 1.165) is 24.1 Å². The smallest absolute Gasteiger partial charge is 0.252 e. The molecule has 1 unspecified atom stereocenters. The summed E-state index contributed by atoms with van der Waals surface area (Å²) >= 11 is 0. The monoisotopic (exact) mass is 247 g/mol. The van der Waals surface area contributed by atoms with Crippen LogP contribution < -0.4 is 5.48 Å². The first kappa shape index (κ1) is 12.6. The second-order valence-electron chi connectivity index (χ2n) is 4.31. The molecule has 2 heterocycles. The lowest BCUT2D eigenvalue weighted by Gasteiger charge is -2.16. The Bertz CT molecular complexity index is 536. The normalized spacial score (nSPS) is 12.6. The molecule has 0 aromatic carbocycles. The van der Waals surface area contributed by atoms with Crippen molar-refractivity contribution in [1.82, 2.24) is 14.9 Å². The highest BCUT2D eigenvalue weighted by atomic mass is 16.5. The average Bonchev–Trinajstić information content (AvgIpc) is 2.87. The maximum absolute atomic E-state index is 11.8. The van der Waals surface area contributed by atoms with Crippen LogP contribution in [0.1, 0.15) is 37.8 Å². The van der Waals surface area contributed by atoms with Gasteiger partial charge < -0.3 is 4.40 Å². The summed E-state index contributed by atoms with van der Waals surface area (Å²) in [6.07, 6.45) is 6.09. The van der Waals surface area contributed by atoms with E-state index >= 15 is 0 Å². The van der Waals surface area contributed by atoms with Crippen molar-refractivity contribution in [3.05, 3.63) is 36.4 Å². The summed E-state index contributed by atoms with van der Waals surface area (Å²) in [5.74, 6) is -0.725. The number of hydrogen-bond acceptors (Lipinski definition) is 3. The van der Waals surface area contributed by atoms with Crippen LogP contribution in [0.2, 0.25) is 0 Å². The van der Waals surface area contributed by atoms with Gasteiger partial charge in [-0.05, 0) is 18.6 Å². The van der Waals surface area contributed by atoms with Crippen molar-refractivity contribution in [2.75, 3.05) is 0 Å². The van der Waals surface area contributed by atoms with Crippen molar-refractivity contribution in [3.63, 3.8) is 0 Å². The number of nitrogens with one attached hydrogen (secondary N) is 1. The molecule has 5 heteroatoms. The van der Waals surface area contributed by atoms with Gasteiger partial charge in [-0.15, -0.1) is 0 Å². The van der Waals surface area contributed by atoms with Gasteiger partial charge in [-0.25, -0.2) is 10.5 Å². The Morgan fingerprint density at radius 1 is 1.56 bits per heavy atom. The third kappa shape index (κ3) is 2.36. The molecule has 0 radical (unpaired) electrons. The van der Waals surface area contributed by atoms with E-state index in [1.807, 2.05) is 22.6 Å². The largest absolute Gasteiger partial charge is 0.302 e. The summed E-state index contributed by atoms with van der Waals surface area (Å²) in [4.78, 5) is 15.9. The number of pyridine rings is 1. The molecule has 5 nitrogen and oxygen atoms in total. The molecule has 0 saturated carbocycles. The second kappa shape index (κ2) is 5.64. The minimum atomic E-state index is -0.371. The molecule has 2 rings (SSSR count). The number of amides is 1. The number of nitrogens with zero attached hydrogens (tertiary/aromatic N) is 2. The van der Waals surface area contributed by atoms with Crippen molar-refractivity contribution in [2.45, 2.75) is 32.1 Å². The maximum atomic E-state index is 11.8. The van der Waals surface area contributed by atoms with Crippen molar-refractivity contribution in [3.8, 4) is 0 Å². The fourth-order valence-electron chi connectivity index (χ4n) is 2.15. The van der Waals surface area contributed by atoms with Gasteiger partial charge in [0.05, 0.1) is 24.0 Å². The van der Waals surface area contributed by atoms with Crippen molar-refractivity contribution in [2.24, 2.45) is 0 Å². The molecule has 0 aliphatic rings. The maximum Gasteiger partial charge on any atom is 0.252 e. The Morgan fingerprint density at radius 2 is 2.39 bits per heavy atom. The molecule has 1 atom stereocenters. The van der Waals surface area contributed by atoms with Crippen LogP contribution in [0.15, 0.2) is 30.7 Å². The van der Waals surface area contributed by atoms with E-state index in [1.165, 1.54) is 0 Å². The molecule has 0 spiro atoms. The zero-order valence-electron chi connectivity index (χ0n) is 10.3. The zero-order valence-corrected chi connectivity index (χ0v) is 10.3. The number of unbranched alkanes of at least 4 members (excludes halogenated alkanes) is 1. The highest BCUT2D eigenvalue weighted by molar-refractivity contribution is 5.82. The Labute approximate surface area is 105 Å². The molecule has 2 aromatic heterocycles. The summed E-state index contributed by atoms with van der Waals surface area (Å²) in [7, 11) is 0. The molecule has 0 saturated heterocycles. The molecule has 0 aliphatic heterocycles. The molecule has 0 fully saturated rings. The molecule has 2 N–H and O–H groups in total. The summed E-state index contributed by atoms with van der Waals surface area (Å²) in [5.41, 5.74) is 3.55. The summed E-state index contributed by atoms with van der Waals surface area (Å²) in [6, 6.07) is 5.73. The lowest BCUT2D eigenvalue weighted by Crippen LogP contribution is -2.27. The van der Waals surface area contributed by atoms with Gasteiger partial charge in [0.1, 0.15) is 0 Å². The van der Waals surface area contributed by atoms with Gasteiger partial charge in [0.15, 0.2) is 0 Å². The summed E-state index contributed by atoms with van der Waals surface area (Å²) < 4.78 is 1.88. The second-order valence-corrected chi connectivity index (χ2v) is 4.31. The molecule has 18 heavy (non-hydrogen) atoms. The van der Waals surface area contributed by atoms with Crippen molar-refractivity contribution < 1.29 is 10.0 Å². The Morgan fingerprint density at radius 3 is 3.11 bits per heavy atom. The Hall–Kier alpha value is -1.88. The first-order valence-electron chi connectivity index (χ1n) is 6.12. The van der Waals surface area contributed by atoms with E-state index in [9.17, 15) is 4.79 Å². The fourth-order valence-corrected chi connectivity index (χ4v) is 2.15. The summed E-state index contributed by atoms with van der Waals surface area (Å²) in [5, 5.41) is 8.86. The summed E-state index contributed by atoms with van der Waals surface area (Å²) in [6.45, 7) is 2.08. The van der Waals surface area contributed by atoms with Crippen LogP contribution >= 0.6 is 0 Å². The number of hydrogen-bond donors (Lipinski definition) is 2. The number of rotatable bonds is 5. The van der Waals surface area contributed by atoms with Crippen LogP contribution in [-0.2, 0) is 4.79 Å². The van der Waals surface area contributed by atoms with E-state index < -0.39 is 0 Å². The highest BCUT2D eigenvalue weighted by Crippen LogP contribution is 2.23. The average molecular weight is 247 g/mol. The van der Waals surface area contributed by atoms with E-state index in [4.69, 9.17) is 5.21 Å². The number of fused-ring (bicyclic) bond motifs is 1. The third-order valence-corrected chi connectivity index (χ3v) is 3.11. The predicted molar refractivity (Wildman–Crippen MR) is 67.4 cm³/mol. The van der Waals surface area contributed by atoms with Crippen LogP contribution in [0, 0.1) is 0 Å². The van der Waals surface area contributed by atoms with Gasteiger partial charge in [-0.3, -0.25) is 10.0 Å². The number of hydroxylamine groups is 1. The molecular formula is C13H17N3O2. The predicted octanol–water partition coefficient (Wildman–Crippen LogP) is 2.11.